The molecule has 1 heterocycles. The topological polar surface area (TPSA) is 55.6 Å². The summed E-state index contributed by atoms with van der Waals surface area (Å²) in [5, 5.41) is 11.1. The van der Waals surface area contributed by atoms with Crippen LogP contribution in [-0.4, -0.2) is 30.2 Å². The molecule has 2 rings (SSSR count). The molecule has 1 aromatic carbocycles. The predicted octanol–water partition coefficient (Wildman–Crippen LogP) is 2.81. The van der Waals surface area contributed by atoms with E-state index >= 15 is 0 Å². The Labute approximate surface area is 119 Å². The van der Waals surface area contributed by atoms with Gasteiger partial charge in [-0.25, -0.2) is 0 Å². The van der Waals surface area contributed by atoms with Crippen LogP contribution in [0.3, 0.4) is 0 Å². The van der Waals surface area contributed by atoms with Gasteiger partial charge in [0.1, 0.15) is 5.69 Å². The van der Waals surface area contributed by atoms with E-state index in [1.807, 2.05) is 30.9 Å². The number of nitrogens with zero attached hydrogens (tertiary/aromatic N) is 2. The van der Waals surface area contributed by atoms with Gasteiger partial charge >= 0.3 is 0 Å². The first-order chi connectivity index (χ1) is 8.47. The van der Waals surface area contributed by atoms with E-state index in [9.17, 15) is 10.1 Å². The first kappa shape index (κ1) is 13.5. The zero-order valence-electron chi connectivity index (χ0n) is 10.3. The van der Waals surface area contributed by atoms with Gasteiger partial charge in [0.2, 0.25) is 0 Å². The minimum atomic E-state index is -0.317. The van der Waals surface area contributed by atoms with Gasteiger partial charge in [-0.3, -0.25) is 10.1 Å². The fourth-order valence-corrected chi connectivity index (χ4v) is 2.76. The predicted molar refractivity (Wildman–Crippen MR) is 78.0 cm³/mol. The standard InChI is InChI=1S/C12H15IN2O3/c1-8-6-14(7-9(2)18-8)11-4-3-10(13)5-12(11)15(16)17/h3-5,8-9H,6-7H2,1-2H3. The second kappa shape index (κ2) is 5.40. The van der Waals surface area contributed by atoms with E-state index in [1.165, 1.54) is 0 Å². The van der Waals surface area contributed by atoms with Crippen molar-refractivity contribution in [2.75, 3.05) is 18.0 Å². The van der Waals surface area contributed by atoms with E-state index in [0.717, 1.165) is 3.57 Å². The summed E-state index contributed by atoms with van der Waals surface area (Å²) in [7, 11) is 0. The molecule has 0 radical (unpaired) electrons. The van der Waals surface area contributed by atoms with Crippen LogP contribution >= 0.6 is 22.6 Å². The van der Waals surface area contributed by atoms with Gasteiger partial charge in [-0.2, -0.15) is 0 Å². The molecule has 2 atom stereocenters. The molecule has 18 heavy (non-hydrogen) atoms. The molecule has 1 fully saturated rings. The van der Waals surface area contributed by atoms with Gasteiger partial charge in [-0.15, -0.1) is 0 Å². The van der Waals surface area contributed by atoms with Gasteiger partial charge in [-0.1, -0.05) is 0 Å². The normalized spacial score (nSPS) is 24.1. The third kappa shape index (κ3) is 2.92. The minimum absolute atomic E-state index is 0.0904. The number of halogens is 1. The second-order valence-corrected chi connectivity index (χ2v) is 5.80. The summed E-state index contributed by atoms with van der Waals surface area (Å²) < 4.78 is 6.52. The van der Waals surface area contributed by atoms with Crippen LogP contribution in [-0.2, 0) is 4.74 Å². The van der Waals surface area contributed by atoms with Gasteiger partial charge in [0.25, 0.3) is 5.69 Å². The number of morpholine rings is 1. The molecule has 0 aromatic heterocycles. The summed E-state index contributed by atoms with van der Waals surface area (Å²) in [6.07, 6.45) is 0.181. The summed E-state index contributed by atoms with van der Waals surface area (Å²) in [5.41, 5.74) is 0.852. The van der Waals surface area contributed by atoms with Crippen LogP contribution in [0.2, 0.25) is 0 Å². The molecule has 6 heteroatoms. The van der Waals surface area contributed by atoms with Gasteiger partial charge < -0.3 is 9.64 Å². The van der Waals surface area contributed by atoms with E-state index in [4.69, 9.17) is 4.74 Å². The van der Waals surface area contributed by atoms with E-state index in [2.05, 4.69) is 22.6 Å². The number of hydrogen-bond acceptors (Lipinski definition) is 4. The quantitative estimate of drug-likeness (QED) is 0.461. The van der Waals surface area contributed by atoms with Crippen molar-refractivity contribution in [1.82, 2.24) is 0 Å². The van der Waals surface area contributed by atoms with Crippen molar-refractivity contribution in [3.63, 3.8) is 0 Å². The molecule has 1 aromatic rings. The average Bonchev–Trinajstić information content (AvgIpc) is 2.27. The van der Waals surface area contributed by atoms with Crippen LogP contribution in [0.5, 0.6) is 0 Å². The monoisotopic (exact) mass is 362 g/mol. The Balaban J connectivity index is 2.35. The van der Waals surface area contributed by atoms with Crippen molar-refractivity contribution < 1.29 is 9.66 Å². The van der Waals surface area contributed by atoms with Crippen LogP contribution < -0.4 is 4.90 Å². The zero-order chi connectivity index (χ0) is 13.3. The molecule has 2 unspecified atom stereocenters. The Morgan fingerprint density at radius 2 is 2.00 bits per heavy atom. The number of ether oxygens (including phenoxy) is 1. The smallest absolute Gasteiger partial charge is 0.293 e. The van der Waals surface area contributed by atoms with Gasteiger partial charge in [0.05, 0.1) is 17.1 Å². The number of nitro benzene ring substituents is 1. The van der Waals surface area contributed by atoms with Gasteiger partial charge in [0, 0.05) is 22.7 Å². The van der Waals surface area contributed by atoms with Crippen LogP contribution in [0.15, 0.2) is 18.2 Å². The zero-order valence-corrected chi connectivity index (χ0v) is 12.5. The van der Waals surface area contributed by atoms with Crippen molar-refractivity contribution in [2.45, 2.75) is 26.1 Å². The molecule has 98 valence electrons. The summed E-state index contributed by atoms with van der Waals surface area (Å²) in [6.45, 7) is 5.35. The maximum Gasteiger partial charge on any atom is 0.293 e. The number of rotatable bonds is 2. The maximum absolute atomic E-state index is 11.1. The van der Waals surface area contributed by atoms with Crippen LogP contribution in [0, 0.1) is 13.7 Å². The second-order valence-electron chi connectivity index (χ2n) is 4.55. The van der Waals surface area contributed by atoms with Crippen molar-refractivity contribution in [2.24, 2.45) is 0 Å². The number of nitro groups is 1. The highest BCUT2D eigenvalue weighted by molar-refractivity contribution is 14.1. The maximum atomic E-state index is 11.1. The summed E-state index contributed by atoms with van der Waals surface area (Å²) >= 11 is 2.09. The number of hydrogen-bond donors (Lipinski definition) is 0. The Morgan fingerprint density at radius 3 is 2.56 bits per heavy atom. The molecule has 0 bridgehead atoms. The molecule has 1 saturated heterocycles. The first-order valence-corrected chi connectivity index (χ1v) is 6.89. The molecule has 1 aliphatic rings. The summed E-state index contributed by atoms with van der Waals surface area (Å²) in [6, 6.07) is 5.33. The lowest BCUT2D eigenvalue weighted by Gasteiger charge is -2.36. The molecule has 0 saturated carbocycles. The Morgan fingerprint density at radius 1 is 1.39 bits per heavy atom. The van der Waals surface area contributed by atoms with Crippen molar-refractivity contribution in [3.8, 4) is 0 Å². The fourth-order valence-electron chi connectivity index (χ4n) is 2.28. The van der Waals surface area contributed by atoms with Gasteiger partial charge in [0.15, 0.2) is 0 Å². The van der Waals surface area contributed by atoms with Crippen molar-refractivity contribution in [1.29, 1.82) is 0 Å². The highest BCUT2D eigenvalue weighted by atomic mass is 127. The molecule has 1 aliphatic heterocycles. The van der Waals surface area contributed by atoms with Crippen LogP contribution in [0.1, 0.15) is 13.8 Å². The lowest BCUT2D eigenvalue weighted by atomic mass is 10.2. The molecular formula is C12H15IN2O3. The SMILES string of the molecule is CC1CN(c2ccc(I)cc2[N+](=O)[O-])CC(C)O1. The van der Waals surface area contributed by atoms with E-state index in [0.29, 0.717) is 18.8 Å². The van der Waals surface area contributed by atoms with Crippen LogP contribution in [0.4, 0.5) is 11.4 Å². The number of benzene rings is 1. The average molecular weight is 362 g/mol. The Bertz CT molecular complexity index is 457. The lowest BCUT2D eigenvalue weighted by molar-refractivity contribution is -0.384. The summed E-state index contributed by atoms with van der Waals surface area (Å²) in [5.74, 6) is 0. The van der Waals surface area contributed by atoms with E-state index in [-0.39, 0.29) is 22.8 Å². The lowest BCUT2D eigenvalue weighted by Crippen LogP contribution is -2.45. The third-order valence-corrected chi connectivity index (χ3v) is 3.57. The highest BCUT2D eigenvalue weighted by Gasteiger charge is 2.27. The highest BCUT2D eigenvalue weighted by Crippen LogP contribution is 2.31. The summed E-state index contributed by atoms with van der Waals surface area (Å²) in [4.78, 5) is 12.8. The molecule has 0 aliphatic carbocycles. The largest absolute Gasteiger partial charge is 0.372 e. The molecule has 5 nitrogen and oxygen atoms in total. The number of anilines is 1. The van der Waals surface area contributed by atoms with Crippen molar-refractivity contribution in [3.05, 3.63) is 31.9 Å². The van der Waals surface area contributed by atoms with Crippen LogP contribution in [0.25, 0.3) is 0 Å². The Hall–Kier alpha value is -0.890. The van der Waals surface area contributed by atoms with Gasteiger partial charge in [-0.05, 0) is 48.6 Å². The van der Waals surface area contributed by atoms with E-state index in [1.54, 1.807) is 6.07 Å². The van der Waals surface area contributed by atoms with Crippen molar-refractivity contribution >= 4 is 34.0 Å². The molecule has 0 N–H and O–H groups in total. The third-order valence-electron chi connectivity index (χ3n) is 2.89. The molecular weight excluding hydrogens is 347 g/mol. The fraction of sp³-hybridized carbons (Fsp3) is 0.500. The molecule has 0 spiro atoms. The Kier molecular flexibility index (Phi) is 4.06. The molecule has 0 amide bonds. The minimum Gasteiger partial charge on any atom is -0.372 e. The first-order valence-electron chi connectivity index (χ1n) is 5.81. The van der Waals surface area contributed by atoms with E-state index < -0.39 is 0 Å².